The molecular weight excluding hydrogens is 182 g/mol. The Balaban J connectivity index is 2.83. The van der Waals surface area contributed by atoms with Crippen LogP contribution in [0.5, 0.6) is 0 Å². The van der Waals surface area contributed by atoms with E-state index in [9.17, 15) is 4.79 Å². The Kier molecular flexibility index (Phi) is 6.31. The van der Waals surface area contributed by atoms with Gasteiger partial charge in [0.2, 0.25) is 0 Å². The first-order chi connectivity index (χ1) is 4.27. The van der Waals surface area contributed by atoms with Crippen molar-refractivity contribution < 1.29 is 4.79 Å². The minimum Gasteiger partial charge on any atom is -0.330 e. The Bertz CT molecular complexity index is 85.1. The van der Waals surface area contributed by atoms with Crippen LogP contribution in [0.25, 0.3) is 0 Å². The fourth-order valence-electron chi connectivity index (χ4n) is 0.585. The molecule has 0 bridgehead atoms. The van der Waals surface area contributed by atoms with Gasteiger partial charge in [-0.3, -0.25) is 4.79 Å². The molecule has 2 N–H and O–H groups in total. The van der Waals surface area contributed by atoms with Gasteiger partial charge in [0, 0.05) is 6.42 Å². The highest BCUT2D eigenvalue weighted by molar-refractivity contribution is 9.18. The number of rotatable bonds is 5. The Labute approximate surface area is 63.9 Å². The highest BCUT2D eigenvalue weighted by Gasteiger charge is 1.93. The van der Waals surface area contributed by atoms with Crippen LogP contribution < -0.4 is 5.73 Å². The quantitative estimate of drug-likeness (QED) is 0.531. The molecule has 0 aliphatic carbocycles. The van der Waals surface area contributed by atoms with Crippen molar-refractivity contribution in [2.75, 3.05) is 6.54 Å². The van der Waals surface area contributed by atoms with Crippen LogP contribution in [-0.4, -0.2) is 11.2 Å². The van der Waals surface area contributed by atoms with E-state index in [1.54, 1.807) is 0 Å². The Morgan fingerprint density at radius 2 is 2.00 bits per heavy atom. The van der Waals surface area contributed by atoms with E-state index in [1.807, 2.05) is 0 Å². The zero-order valence-electron chi connectivity index (χ0n) is 5.40. The Hall–Kier alpha value is 0.110. The van der Waals surface area contributed by atoms with Gasteiger partial charge in [0.25, 0.3) is 0 Å². The van der Waals surface area contributed by atoms with Crippen LogP contribution in [0, 0.1) is 0 Å². The summed E-state index contributed by atoms with van der Waals surface area (Å²) in [5.41, 5.74) is 5.25. The predicted molar refractivity (Wildman–Crippen MR) is 41.5 cm³/mol. The minimum absolute atomic E-state index is 0.0968. The molecule has 0 aliphatic heterocycles. The van der Waals surface area contributed by atoms with Crippen LogP contribution in [0.1, 0.15) is 25.7 Å². The van der Waals surface area contributed by atoms with Crippen molar-refractivity contribution in [1.29, 1.82) is 0 Å². The number of halogens is 1. The van der Waals surface area contributed by atoms with Crippen molar-refractivity contribution in [3.05, 3.63) is 0 Å². The first-order valence-corrected chi connectivity index (χ1v) is 3.95. The Morgan fingerprint density at radius 3 is 2.44 bits per heavy atom. The van der Waals surface area contributed by atoms with Gasteiger partial charge in [0.15, 0.2) is 4.69 Å². The van der Waals surface area contributed by atoms with Gasteiger partial charge in [-0.1, -0.05) is 6.42 Å². The lowest BCUT2D eigenvalue weighted by atomic mass is 10.2. The number of nitrogens with two attached hydrogens (primary N) is 1. The lowest BCUT2D eigenvalue weighted by Gasteiger charge is -1.92. The van der Waals surface area contributed by atoms with Gasteiger partial charge in [0.05, 0.1) is 0 Å². The van der Waals surface area contributed by atoms with Crippen molar-refractivity contribution in [2.24, 2.45) is 5.73 Å². The summed E-state index contributed by atoms with van der Waals surface area (Å²) in [6.07, 6.45) is 3.69. The molecule has 3 heteroatoms. The van der Waals surface area contributed by atoms with Gasteiger partial charge in [-0.2, -0.15) is 0 Å². The molecule has 2 nitrogen and oxygen atoms in total. The molecule has 0 rings (SSSR count). The summed E-state index contributed by atoms with van der Waals surface area (Å²) in [7, 11) is 0. The third kappa shape index (κ3) is 8.11. The summed E-state index contributed by atoms with van der Waals surface area (Å²) in [6, 6.07) is 0. The van der Waals surface area contributed by atoms with Crippen LogP contribution >= 0.6 is 15.9 Å². The topological polar surface area (TPSA) is 43.1 Å². The summed E-state index contributed by atoms with van der Waals surface area (Å²) in [4.78, 5) is 10.3. The highest BCUT2D eigenvalue weighted by atomic mass is 79.9. The van der Waals surface area contributed by atoms with Gasteiger partial charge in [-0.15, -0.1) is 0 Å². The van der Waals surface area contributed by atoms with Crippen LogP contribution in [0.2, 0.25) is 0 Å². The summed E-state index contributed by atoms with van der Waals surface area (Å²) < 4.78 is 0.0968. The van der Waals surface area contributed by atoms with Crippen molar-refractivity contribution in [2.45, 2.75) is 25.7 Å². The third-order valence-corrected chi connectivity index (χ3v) is 1.47. The van der Waals surface area contributed by atoms with Crippen LogP contribution in [0.4, 0.5) is 0 Å². The summed E-state index contributed by atoms with van der Waals surface area (Å²) >= 11 is 2.86. The predicted octanol–water partition coefficient (Wildman–Crippen LogP) is 1.43. The molecule has 0 aliphatic rings. The number of hydrogen-bond acceptors (Lipinski definition) is 2. The molecule has 54 valence electrons. The zero-order valence-corrected chi connectivity index (χ0v) is 6.99. The largest absolute Gasteiger partial charge is 0.330 e. The fourth-order valence-corrected chi connectivity index (χ4v) is 0.865. The number of hydrogen-bond donors (Lipinski definition) is 1. The maximum atomic E-state index is 10.3. The van der Waals surface area contributed by atoms with Gasteiger partial charge in [-0.25, -0.2) is 0 Å². The normalized spacial score (nSPS) is 9.56. The molecule has 0 saturated carbocycles. The SMILES string of the molecule is NCCCCCC(=O)Br. The van der Waals surface area contributed by atoms with Crippen molar-refractivity contribution >= 4 is 20.6 Å². The van der Waals surface area contributed by atoms with Gasteiger partial charge in [-0.05, 0) is 35.3 Å². The summed E-state index contributed by atoms with van der Waals surface area (Å²) in [6.45, 7) is 0.733. The van der Waals surface area contributed by atoms with Crippen molar-refractivity contribution in [3.8, 4) is 0 Å². The molecule has 0 aromatic rings. The molecule has 0 radical (unpaired) electrons. The van der Waals surface area contributed by atoms with Crippen LogP contribution in [0.3, 0.4) is 0 Å². The molecule has 0 fully saturated rings. The first-order valence-electron chi connectivity index (χ1n) is 3.15. The van der Waals surface area contributed by atoms with Crippen LogP contribution in [-0.2, 0) is 4.79 Å². The molecule has 0 saturated heterocycles. The lowest BCUT2D eigenvalue weighted by Crippen LogP contribution is -1.98. The number of unbranched alkanes of at least 4 members (excludes halogenated alkanes) is 2. The van der Waals surface area contributed by atoms with E-state index in [0.717, 1.165) is 25.8 Å². The van der Waals surface area contributed by atoms with Crippen molar-refractivity contribution in [1.82, 2.24) is 0 Å². The third-order valence-electron chi connectivity index (χ3n) is 1.08. The molecule has 0 aromatic carbocycles. The Morgan fingerprint density at radius 1 is 1.33 bits per heavy atom. The number of carbonyl (C=O) groups is 1. The lowest BCUT2D eigenvalue weighted by molar-refractivity contribution is -0.110. The van der Waals surface area contributed by atoms with E-state index in [4.69, 9.17) is 5.73 Å². The van der Waals surface area contributed by atoms with E-state index in [2.05, 4.69) is 15.9 Å². The monoisotopic (exact) mass is 193 g/mol. The van der Waals surface area contributed by atoms with E-state index in [1.165, 1.54) is 0 Å². The van der Waals surface area contributed by atoms with E-state index in [-0.39, 0.29) is 4.69 Å². The standard InChI is InChI=1S/C6H12BrNO/c7-6(9)4-2-1-3-5-8/h1-5,8H2. The molecule has 0 amide bonds. The molecule has 0 unspecified atom stereocenters. The summed E-state index contributed by atoms with van der Waals surface area (Å²) in [5, 5.41) is 0. The average Bonchev–Trinajstić information content (AvgIpc) is 1.80. The summed E-state index contributed by atoms with van der Waals surface area (Å²) in [5.74, 6) is 0. The van der Waals surface area contributed by atoms with Gasteiger partial charge < -0.3 is 5.73 Å². The fraction of sp³-hybridized carbons (Fsp3) is 0.833. The molecule has 0 spiro atoms. The smallest absolute Gasteiger partial charge is 0.197 e. The zero-order chi connectivity index (χ0) is 7.11. The second kappa shape index (κ2) is 6.23. The maximum absolute atomic E-state index is 10.3. The molecule has 0 aromatic heterocycles. The molecule has 0 heterocycles. The first kappa shape index (κ1) is 9.11. The second-order valence-electron chi connectivity index (χ2n) is 1.95. The van der Waals surface area contributed by atoms with Crippen LogP contribution in [0.15, 0.2) is 0 Å². The van der Waals surface area contributed by atoms with E-state index < -0.39 is 0 Å². The van der Waals surface area contributed by atoms with Gasteiger partial charge in [0.1, 0.15) is 0 Å². The maximum Gasteiger partial charge on any atom is 0.197 e. The second-order valence-corrected chi connectivity index (χ2v) is 2.84. The van der Waals surface area contributed by atoms with E-state index in [0.29, 0.717) is 6.42 Å². The highest BCUT2D eigenvalue weighted by Crippen LogP contribution is 2.01. The molecular formula is C6H12BrNO. The molecule has 0 atom stereocenters. The molecule has 9 heavy (non-hydrogen) atoms. The van der Waals surface area contributed by atoms with Crippen molar-refractivity contribution in [3.63, 3.8) is 0 Å². The van der Waals surface area contributed by atoms with Gasteiger partial charge >= 0.3 is 0 Å². The number of carbonyl (C=O) groups excluding carboxylic acids is 1. The average molecular weight is 194 g/mol. The van der Waals surface area contributed by atoms with E-state index >= 15 is 0 Å². The minimum atomic E-state index is 0.0968.